The molecule has 0 spiro atoms. The number of hydrogen-bond donors (Lipinski definition) is 1. The summed E-state index contributed by atoms with van der Waals surface area (Å²) in [6, 6.07) is 0. The first-order valence-corrected chi connectivity index (χ1v) is 7.68. The number of nitrogens with one attached hydrogen (secondary N) is 1. The average Bonchev–Trinajstić information content (AvgIpc) is 2.20. The van der Waals surface area contributed by atoms with Crippen molar-refractivity contribution in [2.75, 3.05) is 32.4 Å². The van der Waals surface area contributed by atoms with Crippen LogP contribution in [0.15, 0.2) is 10.6 Å². The average molecular weight is 289 g/mol. The highest BCUT2D eigenvalue weighted by Gasteiger charge is 2.12. The van der Waals surface area contributed by atoms with E-state index in [1.54, 1.807) is 0 Å². The van der Waals surface area contributed by atoms with Gasteiger partial charge in [0.15, 0.2) is 0 Å². The van der Waals surface area contributed by atoms with E-state index in [1.165, 1.54) is 16.1 Å². The highest BCUT2D eigenvalue weighted by molar-refractivity contribution is 7.88. The number of halogens is 2. The van der Waals surface area contributed by atoms with E-state index in [4.69, 9.17) is 23.2 Å². The molecule has 16 heavy (non-hydrogen) atoms. The van der Waals surface area contributed by atoms with Gasteiger partial charge in [0.25, 0.3) is 0 Å². The number of sulfonamides is 1. The highest BCUT2D eigenvalue weighted by atomic mass is 35.5. The van der Waals surface area contributed by atoms with Gasteiger partial charge in [-0.3, -0.25) is 0 Å². The molecule has 0 aromatic carbocycles. The fourth-order valence-electron chi connectivity index (χ4n) is 1.19. The van der Waals surface area contributed by atoms with Gasteiger partial charge in [0.1, 0.15) is 0 Å². The fraction of sp³-hybridized carbons (Fsp3) is 0.778. The third kappa shape index (κ3) is 7.46. The van der Waals surface area contributed by atoms with Crippen LogP contribution in [0.4, 0.5) is 0 Å². The Kier molecular flexibility index (Phi) is 8.40. The quantitative estimate of drug-likeness (QED) is 0.690. The first-order valence-electron chi connectivity index (χ1n) is 5.02. The second-order valence-corrected chi connectivity index (χ2v) is 6.03. The summed E-state index contributed by atoms with van der Waals surface area (Å²) in [5, 5.41) is 3.60. The molecule has 0 aromatic rings. The smallest absolute Gasteiger partial charge is 0.211 e. The second kappa shape index (κ2) is 8.31. The fourth-order valence-corrected chi connectivity index (χ4v) is 2.29. The van der Waals surface area contributed by atoms with Crippen molar-refractivity contribution in [1.82, 2.24) is 9.62 Å². The van der Waals surface area contributed by atoms with Crippen LogP contribution in [0, 0.1) is 0 Å². The number of hydrogen-bond acceptors (Lipinski definition) is 3. The Balaban J connectivity index is 3.73. The Hall–Kier alpha value is 0.190. The van der Waals surface area contributed by atoms with Gasteiger partial charge in [-0.2, -0.15) is 0 Å². The van der Waals surface area contributed by atoms with Crippen LogP contribution < -0.4 is 5.32 Å². The lowest BCUT2D eigenvalue weighted by molar-refractivity contribution is 0.421. The van der Waals surface area contributed by atoms with Gasteiger partial charge in [-0.25, -0.2) is 12.7 Å². The van der Waals surface area contributed by atoms with Crippen molar-refractivity contribution in [1.29, 1.82) is 0 Å². The van der Waals surface area contributed by atoms with Gasteiger partial charge >= 0.3 is 0 Å². The molecule has 1 N–H and O–H groups in total. The number of nitrogens with zero attached hydrogens (tertiary/aromatic N) is 1. The summed E-state index contributed by atoms with van der Waals surface area (Å²) in [4.78, 5) is 0. The van der Waals surface area contributed by atoms with Crippen molar-refractivity contribution in [3.63, 3.8) is 0 Å². The second-order valence-electron chi connectivity index (χ2n) is 3.34. The lowest BCUT2D eigenvalue weighted by atomic mass is 10.4. The zero-order valence-corrected chi connectivity index (χ0v) is 11.9. The summed E-state index contributed by atoms with van der Waals surface area (Å²) in [7, 11) is -3.08. The Bertz CT molecular complexity index is 317. The van der Waals surface area contributed by atoms with Crippen LogP contribution in [0.1, 0.15) is 13.3 Å². The van der Waals surface area contributed by atoms with Crippen molar-refractivity contribution in [2.24, 2.45) is 0 Å². The van der Waals surface area contributed by atoms with E-state index in [9.17, 15) is 8.42 Å². The lowest BCUT2D eigenvalue weighted by Gasteiger charge is -2.17. The molecular weight excluding hydrogens is 271 g/mol. The Morgan fingerprint density at radius 1 is 1.50 bits per heavy atom. The van der Waals surface area contributed by atoms with Gasteiger partial charge in [-0.05, 0) is 13.0 Å². The van der Waals surface area contributed by atoms with E-state index >= 15 is 0 Å². The minimum absolute atomic E-state index is 0.501. The van der Waals surface area contributed by atoms with Gasteiger partial charge in [0, 0.05) is 30.2 Å². The predicted octanol–water partition coefficient (Wildman–Crippen LogP) is 1.57. The Morgan fingerprint density at radius 2 is 2.12 bits per heavy atom. The standard InChI is InChI=1S/C9H18Cl2N2O2S/c1-3-13(16(2,14)15)6-4-5-12-8-9(11)7-10/h7,12H,3-6,8H2,1-2H3. The molecule has 0 aliphatic rings. The Labute approximate surface area is 108 Å². The van der Waals surface area contributed by atoms with E-state index < -0.39 is 10.0 Å². The molecule has 0 unspecified atom stereocenters. The number of rotatable bonds is 8. The van der Waals surface area contributed by atoms with Crippen molar-refractivity contribution in [3.8, 4) is 0 Å². The molecule has 0 radical (unpaired) electrons. The SMILES string of the molecule is CCN(CCCNCC(Cl)=CCl)S(C)(=O)=O. The van der Waals surface area contributed by atoms with Crippen LogP contribution in [0.25, 0.3) is 0 Å². The van der Waals surface area contributed by atoms with Gasteiger partial charge in [-0.1, -0.05) is 30.1 Å². The van der Waals surface area contributed by atoms with Gasteiger partial charge in [0.2, 0.25) is 10.0 Å². The van der Waals surface area contributed by atoms with Crippen molar-refractivity contribution >= 4 is 33.2 Å². The summed E-state index contributed by atoms with van der Waals surface area (Å²) < 4.78 is 23.9. The predicted molar refractivity (Wildman–Crippen MR) is 69.4 cm³/mol. The summed E-state index contributed by atoms with van der Waals surface area (Å²) >= 11 is 11.0. The maximum atomic E-state index is 11.2. The zero-order valence-electron chi connectivity index (χ0n) is 9.54. The van der Waals surface area contributed by atoms with Crippen LogP contribution in [-0.2, 0) is 10.0 Å². The van der Waals surface area contributed by atoms with Crippen molar-refractivity contribution < 1.29 is 8.42 Å². The maximum Gasteiger partial charge on any atom is 0.211 e. The molecule has 96 valence electrons. The summed E-state index contributed by atoms with van der Waals surface area (Å²) in [5.74, 6) is 0. The molecule has 0 amide bonds. The van der Waals surface area contributed by atoms with Crippen LogP contribution in [0.2, 0.25) is 0 Å². The normalized spacial score (nSPS) is 13.4. The molecule has 4 nitrogen and oxygen atoms in total. The largest absolute Gasteiger partial charge is 0.312 e. The van der Waals surface area contributed by atoms with Crippen LogP contribution >= 0.6 is 23.2 Å². The van der Waals surface area contributed by atoms with E-state index in [0.717, 1.165) is 6.42 Å². The Morgan fingerprint density at radius 3 is 2.56 bits per heavy atom. The minimum atomic E-state index is -3.08. The molecule has 0 atom stereocenters. The molecule has 0 saturated carbocycles. The van der Waals surface area contributed by atoms with E-state index in [-0.39, 0.29) is 0 Å². The third-order valence-corrected chi connectivity index (χ3v) is 3.99. The van der Waals surface area contributed by atoms with Crippen LogP contribution in [0.3, 0.4) is 0 Å². The maximum absolute atomic E-state index is 11.2. The zero-order chi connectivity index (χ0) is 12.6. The van der Waals surface area contributed by atoms with Crippen molar-refractivity contribution in [3.05, 3.63) is 10.6 Å². The molecule has 0 rings (SSSR count). The molecule has 0 aliphatic carbocycles. The molecular formula is C9H18Cl2N2O2S. The van der Waals surface area contributed by atoms with Gasteiger partial charge in [0.05, 0.1) is 6.26 Å². The topological polar surface area (TPSA) is 49.4 Å². The molecule has 0 bridgehead atoms. The molecule has 0 aromatic heterocycles. The van der Waals surface area contributed by atoms with Crippen LogP contribution in [-0.4, -0.2) is 45.2 Å². The molecule has 0 saturated heterocycles. The first-order chi connectivity index (χ1) is 7.41. The van der Waals surface area contributed by atoms with Crippen LogP contribution in [0.5, 0.6) is 0 Å². The van der Waals surface area contributed by atoms with Gasteiger partial charge < -0.3 is 5.32 Å². The summed E-state index contributed by atoms with van der Waals surface area (Å²) in [5.41, 5.74) is 1.31. The first kappa shape index (κ1) is 16.2. The molecule has 0 fully saturated rings. The lowest BCUT2D eigenvalue weighted by Crippen LogP contribution is -2.32. The monoisotopic (exact) mass is 288 g/mol. The third-order valence-electron chi connectivity index (χ3n) is 2.00. The summed E-state index contributed by atoms with van der Waals surface area (Å²) in [6.07, 6.45) is 1.96. The van der Waals surface area contributed by atoms with E-state index in [0.29, 0.717) is 31.2 Å². The summed E-state index contributed by atoms with van der Waals surface area (Å²) in [6.45, 7) is 4.05. The van der Waals surface area contributed by atoms with Crippen molar-refractivity contribution in [2.45, 2.75) is 13.3 Å². The molecule has 7 heteroatoms. The van der Waals surface area contributed by atoms with E-state index in [2.05, 4.69) is 5.32 Å². The minimum Gasteiger partial charge on any atom is -0.312 e. The van der Waals surface area contributed by atoms with E-state index in [1.807, 2.05) is 6.92 Å². The molecule has 0 aliphatic heterocycles. The van der Waals surface area contributed by atoms with Gasteiger partial charge in [-0.15, -0.1) is 0 Å². The molecule has 0 heterocycles. The highest BCUT2D eigenvalue weighted by Crippen LogP contribution is 2.01.